The van der Waals surface area contributed by atoms with Crippen LogP contribution in [0.25, 0.3) is 0 Å². The normalized spacial score (nSPS) is 9.50. The van der Waals surface area contributed by atoms with E-state index >= 15 is 0 Å². The van der Waals surface area contributed by atoms with E-state index in [1.165, 1.54) is 6.07 Å². The molecule has 1 aromatic heterocycles. The zero-order valence-electron chi connectivity index (χ0n) is 6.89. The third-order valence-corrected chi connectivity index (χ3v) is 1.36. The van der Waals surface area contributed by atoms with Crippen LogP contribution < -0.4 is 4.90 Å². The van der Waals surface area contributed by atoms with Gasteiger partial charge in [-0.15, -0.1) is 0 Å². The molecule has 0 fully saturated rings. The zero-order valence-corrected chi connectivity index (χ0v) is 6.89. The summed E-state index contributed by atoms with van der Waals surface area (Å²) in [6.07, 6.45) is 0. The highest BCUT2D eigenvalue weighted by atomic mass is 16.6. The largest absolute Gasteiger partial charge is 0.365 e. The molecule has 64 valence electrons. The number of aromatic nitrogens is 1. The standard InChI is InChI=1S/C7H9N3O2/c1-9(2)6-4-3-5-7(8-6)10(11)12/h3-5H,1-2H3. The van der Waals surface area contributed by atoms with Crippen LogP contribution in [0.1, 0.15) is 0 Å². The van der Waals surface area contributed by atoms with E-state index < -0.39 is 4.92 Å². The number of pyridine rings is 1. The van der Waals surface area contributed by atoms with Gasteiger partial charge in [-0.3, -0.25) is 0 Å². The molecule has 0 aliphatic rings. The van der Waals surface area contributed by atoms with Crippen molar-refractivity contribution in [2.45, 2.75) is 0 Å². The maximum Gasteiger partial charge on any atom is 0.365 e. The molecule has 0 saturated carbocycles. The Balaban J connectivity index is 3.04. The zero-order chi connectivity index (χ0) is 9.14. The number of hydrogen-bond donors (Lipinski definition) is 0. The first-order valence-corrected chi connectivity index (χ1v) is 3.40. The van der Waals surface area contributed by atoms with Crippen LogP contribution in [-0.2, 0) is 0 Å². The Labute approximate surface area is 69.8 Å². The van der Waals surface area contributed by atoms with Crippen molar-refractivity contribution < 1.29 is 4.92 Å². The molecule has 0 amide bonds. The Morgan fingerprint density at radius 2 is 2.17 bits per heavy atom. The monoisotopic (exact) mass is 167 g/mol. The van der Waals surface area contributed by atoms with E-state index in [1.54, 1.807) is 31.1 Å². The third kappa shape index (κ3) is 1.69. The van der Waals surface area contributed by atoms with Gasteiger partial charge in [0.25, 0.3) is 0 Å². The SMILES string of the molecule is CN(C)c1cccc([N+](=O)[O-])n1. The number of nitrogens with zero attached hydrogens (tertiary/aromatic N) is 3. The third-order valence-electron chi connectivity index (χ3n) is 1.36. The van der Waals surface area contributed by atoms with Crippen molar-refractivity contribution in [3.63, 3.8) is 0 Å². The Morgan fingerprint density at radius 1 is 1.50 bits per heavy atom. The second-order valence-electron chi connectivity index (χ2n) is 2.51. The number of anilines is 1. The van der Waals surface area contributed by atoms with Crippen LogP contribution in [0.3, 0.4) is 0 Å². The van der Waals surface area contributed by atoms with Gasteiger partial charge < -0.3 is 15.0 Å². The van der Waals surface area contributed by atoms with Crippen LogP contribution in [0.5, 0.6) is 0 Å². The van der Waals surface area contributed by atoms with Crippen LogP contribution in [0.15, 0.2) is 18.2 Å². The Bertz CT molecular complexity index is 298. The highest BCUT2D eigenvalue weighted by molar-refractivity contribution is 5.40. The predicted molar refractivity (Wildman–Crippen MR) is 45.2 cm³/mol. The summed E-state index contributed by atoms with van der Waals surface area (Å²) < 4.78 is 0. The minimum Gasteiger partial charge on any atom is -0.358 e. The molecule has 0 saturated heterocycles. The summed E-state index contributed by atoms with van der Waals surface area (Å²) >= 11 is 0. The molecule has 0 unspecified atom stereocenters. The fourth-order valence-electron chi connectivity index (χ4n) is 0.763. The first-order valence-electron chi connectivity index (χ1n) is 3.40. The van der Waals surface area contributed by atoms with Crippen molar-refractivity contribution in [1.82, 2.24) is 4.98 Å². The second kappa shape index (κ2) is 3.17. The molecule has 12 heavy (non-hydrogen) atoms. The van der Waals surface area contributed by atoms with Crippen molar-refractivity contribution >= 4 is 11.6 Å². The first-order chi connectivity index (χ1) is 5.61. The average molecular weight is 167 g/mol. The van der Waals surface area contributed by atoms with Gasteiger partial charge in [0, 0.05) is 26.2 Å². The van der Waals surface area contributed by atoms with Gasteiger partial charge in [-0.05, 0) is 16.0 Å². The molecule has 0 bridgehead atoms. The van der Waals surface area contributed by atoms with Gasteiger partial charge in [0.15, 0.2) is 0 Å². The van der Waals surface area contributed by atoms with E-state index in [4.69, 9.17) is 0 Å². The lowest BCUT2D eigenvalue weighted by Gasteiger charge is -2.05. The molecule has 1 aromatic rings. The van der Waals surface area contributed by atoms with Crippen LogP contribution in [0, 0.1) is 10.1 Å². The number of rotatable bonds is 2. The van der Waals surface area contributed by atoms with Crippen molar-refractivity contribution in [3.8, 4) is 0 Å². The van der Waals surface area contributed by atoms with Crippen molar-refractivity contribution in [2.24, 2.45) is 0 Å². The molecule has 5 heteroatoms. The lowest BCUT2D eigenvalue weighted by molar-refractivity contribution is -0.389. The van der Waals surface area contributed by atoms with E-state index in [2.05, 4.69) is 4.98 Å². The minimum absolute atomic E-state index is 0.124. The van der Waals surface area contributed by atoms with E-state index in [-0.39, 0.29) is 5.82 Å². The topological polar surface area (TPSA) is 59.3 Å². The Hall–Kier alpha value is -1.65. The van der Waals surface area contributed by atoms with E-state index in [0.717, 1.165) is 0 Å². The van der Waals surface area contributed by atoms with E-state index in [1.807, 2.05) is 0 Å². The molecule has 1 heterocycles. The molecule has 0 radical (unpaired) electrons. The number of nitro groups is 1. The lowest BCUT2D eigenvalue weighted by atomic mass is 10.4. The van der Waals surface area contributed by atoms with Crippen LogP contribution in [0.2, 0.25) is 0 Å². The van der Waals surface area contributed by atoms with Crippen LogP contribution >= 0.6 is 0 Å². The number of hydrogen-bond acceptors (Lipinski definition) is 4. The summed E-state index contributed by atoms with van der Waals surface area (Å²) in [5, 5.41) is 10.3. The summed E-state index contributed by atoms with van der Waals surface area (Å²) in [7, 11) is 3.57. The van der Waals surface area contributed by atoms with Crippen LogP contribution in [-0.4, -0.2) is 24.0 Å². The highest BCUT2D eigenvalue weighted by Gasteiger charge is 2.09. The molecule has 0 aliphatic carbocycles. The fourth-order valence-corrected chi connectivity index (χ4v) is 0.763. The second-order valence-corrected chi connectivity index (χ2v) is 2.51. The predicted octanol–water partition coefficient (Wildman–Crippen LogP) is 1.06. The average Bonchev–Trinajstić information content (AvgIpc) is 2.04. The van der Waals surface area contributed by atoms with E-state index in [0.29, 0.717) is 5.82 Å². The maximum absolute atomic E-state index is 10.3. The maximum atomic E-state index is 10.3. The van der Waals surface area contributed by atoms with Crippen molar-refractivity contribution in [1.29, 1.82) is 0 Å². The van der Waals surface area contributed by atoms with Gasteiger partial charge in [0.2, 0.25) is 5.82 Å². The molecule has 0 aromatic carbocycles. The molecular weight excluding hydrogens is 158 g/mol. The first kappa shape index (κ1) is 8.45. The minimum atomic E-state index is -0.507. The van der Waals surface area contributed by atoms with E-state index in [9.17, 15) is 10.1 Å². The molecule has 1 rings (SSSR count). The highest BCUT2D eigenvalue weighted by Crippen LogP contribution is 2.12. The Morgan fingerprint density at radius 3 is 2.67 bits per heavy atom. The molecule has 5 nitrogen and oxygen atoms in total. The summed E-state index contributed by atoms with van der Waals surface area (Å²) in [6.45, 7) is 0. The quantitative estimate of drug-likeness (QED) is 0.488. The van der Waals surface area contributed by atoms with Gasteiger partial charge in [0.1, 0.15) is 0 Å². The Kier molecular flexibility index (Phi) is 2.23. The van der Waals surface area contributed by atoms with Crippen LogP contribution in [0.4, 0.5) is 11.6 Å². The molecular formula is C7H9N3O2. The molecule has 0 spiro atoms. The fraction of sp³-hybridized carbons (Fsp3) is 0.286. The summed E-state index contributed by atoms with van der Waals surface area (Å²) in [5.74, 6) is 0.463. The van der Waals surface area contributed by atoms with Gasteiger partial charge >= 0.3 is 5.82 Å². The summed E-state index contributed by atoms with van der Waals surface area (Å²) in [5.41, 5.74) is 0. The van der Waals surface area contributed by atoms with Crippen molar-refractivity contribution in [2.75, 3.05) is 19.0 Å². The van der Waals surface area contributed by atoms with Gasteiger partial charge in [-0.2, -0.15) is 0 Å². The lowest BCUT2D eigenvalue weighted by Crippen LogP contribution is -2.10. The van der Waals surface area contributed by atoms with Gasteiger partial charge in [-0.25, -0.2) is 0 Å². The smallest absolute Gasteiger partial charge is 0.358 e. The molecule has 0 N–H and O–H groups in total. The molecule has 0 aliphatic heterocycles. The van der Waals surface area contributed by atoms with Gasteiger partial charge in [0.05, 0.1) is 0 Å². The summed E-state index contributed by atoms with van der Waals surface area (Å²) in [4.78, 5) is 15.3. The van der Waals surface area contributed by atoms with Gasteiger partial charge in [-0.1, -0.05) is 0 Å². The van der Waals surface area contributed by atoms with Crippen molar-refractivity contribution in [3.05, 3.63) is 28.3 Å². The molecule has 0 atom stereocenters. The summed E-state index contributed by atoms with van der Waals surface area (Å²) in [6, 6.07) is 4.69.